The normalized spacial score (nSPS) is 22.4. The van der Waals surface area contributed by atoms with Crippen LogP contribution in [0.15, 0.2) is 22.9 Å². The van der Waals surface area contributed by atoms with Crippen molar-refractivity contribution in [3.63, 3.8) is 0 Å². The van der Waals surface area contributed by atoms with Gasteiger partial charge in [-0.05, 0) is 56.2 Å². The third kappa shape index (κ3) is 7.39. The van der Waals surface area contributed by atoms with Crippen molar-refractivity contribution < 1.29 is 36.8 Å². The molecular formula is C28H37F3N6O5. The fraction of sp³-hybridized carbons (Fsp3) is 0.607. The Hall–Kier alpha value is -3.68. The average molecular weight is 595 g/mol. The number of carbonyl (C=O) groups excluding carboxylic acids is 3. The van der Waals surface area contributed by atoms with E-state index in [1.165, 1.54) is 19.4 Å². The maximum Gasteiger partial charge on any atom is 0.410 e. The summed E-state index contributed by atoms with van der Waals surface area (Å²) in [5, 5.41) is 11.5. The largest absolute Gasteiger partial charge is 0.410 e. The fourth-order valence-electron chi connectivity index (χ4n) is 5.62. The quantitative estimate of drug-likeness (QED) is 0.380. The van der Waals surface area contributed by atoms with Gasteiger partial charge in [0.05, 0.1) is 31.3 Å². The van der Waals surface area contributed by atoms with Gasteiger partial charge in [-0.3, -0.25) is 9.59 Å². The van der Waals surface area contributed by atoms with Crippen molar-refractivity contribution in [3.05, 3.63) is 40.9 Å². The van der Waals surface area contributed by atoms with E-state index in [2.05, 4.69) is 27.7 Å². The van der Waals surface area contributed by atoms with Gasteiger partial charge in [0.2, 0.25) is 11.8 Å². The number of hydrogen-bond acceptors (Lipinski definition) is 7. The molecular weight excluding hydrogens is 557 g/mol. The van der Waals surface area contributed by atoms with E-state index in [-0.39, 0.29) is 30.7 Å². The topological polar surface area (TPSA) is 139 Å². The Labute approximate surface area is 241 Å². The second-order valence-electron chi connectivity index (χ2n) is 11.2. The smallest absolute Gasteiger partial charge is 0.382 e. The van der Waals surface area contributed by atoms with E-state index in [1.54, 1.807) is 19.9 Å². The van der Waals surface area contributed by atoms with Crippen molar-refractivity contribution in [1.82, 2.24) is 25.7 Å². The molecule has 2 aromatic rings. The Morgan fingerprint density at radius 2 is 1.95 bits per heavy atom. The van der Waals surface area contributed by atoms with Crippen LogP contribution in [0.4, 0.5) is 23.8 Å². The molecule has 0 bridgehead atoms. The Kier molecular flexibility index (Phi) is 9.74. The van der Waals surface area contributed by atoms with E-state index in [9.17, 15) is 27.6 Å². The first kappa shape index (κ1) is 31.3. The highest BCUT2D eigenvalue weighted by atomic mass is 19.4. The average Bonchev–Trinajstić information content (AvgIpc) is 3.48. The molecule has 230 valence electrons. The van der Waals surface area contributed by atoms with Crippen LogP contribution in [0, 0.1) is 25.7 Å². The molecule has 2 aliphatic rings. The highest BCUT2D eigenvalue weighted by molar-refractivity contribution is 5.97. The summed E-state index contributed by atoms with van der Waals surface area (Å²) in [5.41, 5.74) is 1.71. The minimum Gasteiger partial charge on any atom is -0.382 e. The van der Waals surface area contributed by atoms with Crippen LogP contribution in [-0.2, 0) is 20.7 Å². The van der Waals surface area contributed by atoms with Crippen molar-refractivity contribution in [2.24, 2.45) is 11.8 Å². The molecule has 42 heavy (non-hydrogen) atoms. The number of methoxy groups -OCH3 is 1. The summed E-state index contributed by atoms with van der Waals surface area (Å²) >= 11 is 0. The van der Waals surface area contributed by atoms with Gasteiger partial charge in [0.25, 0.3) is 0 Å². The van der Waals surface area contributed by atoms with Crippen LogP contribution in [0.1, 0.15) is 61.2 Å². The van der Waals surface area contributed by atoms with Gasteiger partial charge in [-0.1, -0.05) is 24.9 Å². The number of hydrogen-bond donors (Lipinski definition) is 3. The zero-order valence-corrected chi connectivity index (χ0v) is 24.1. The molecule has 3 atom stereocenters. The number of nitrogens with one attached hydrogen (secondary N) is 3. The SMILES string of the molecule is COCC(c1ccnc(NC(=O)C(NC(=O)Cc2c(C)noc2C)C2CCC(C)CC2)c1)N1C[C@@H](C(F)(F)F)NC1=O. The van der Waals surface area contributed by atoms with E-state index in [1.807, 2.05) is 5.32 Å². The number of halogens is 3. The van der Waals surface area contributed by atoms with Crippen molar-refractivity contribution >= 4 is 23.7 Å². The number of amides is 4. The maximum absolute atomic E-state index is 13.6. The molecule has 0 radical (unpaired) electrons. The summed E-state index contributed by atoms with van der Waals surface area (Å²) in [5.74, 6) is 0.315. The molecule has 4 amide bonds. The summed E-state index contributed by atoms with van der Waals surface area (Å²) in [7, 11) is 1.38. The molecule has 1 aliphatic carbocycles. The highest BCUT2D eigenvalue weighted by Crippen LogP contribution is 2.32. The van der Waals surface area contributed by atoms with Crippen molar-refractivity contribution in [1.29, 1.82) is 0 Å². The monoisotopic (exact) mass is 594 g/mol. The number of aromatic nitrogens is 2. The highest BCUT2D eigenvalue weighted by Gasteiger charge is 2.48. The summed E-state index contributed by atoms with van der Waals surface area (Å²) in [6.07, 6.45) is 0.195. The summed E-state index contributed by atoms with van der Waals surface area (Å²) in [4.78, 5) is 44.4. The second kappa shape index (κ2) is 13.1. The maximum atomic E-state index is 13.6. The van der Waals surface area contributed by atoms with Crippen molar-refractivity contribution in [2.45, 2.75) is 77.2 Å². The molecule has 1 aliphatic heterocycles. The minimum absolute atomic E-state index is 0.0112. The molecule has 1 saturated carbocycles. The zero-order chi connectivity index (χ0) is 30.6. The number of nitrogens with zero attached hydrogens (tertiary/aromatic N) is 3. The lowest BCUT2D eigenvalue weighted by Crippen LogP contribution is -2.50. The van der Waals surface area contributed by atoms with E-state index in [4.69, 9.17) is 9.26 Å². The summed E-state index contributed by atoms with van der Waals surface area (Å²) in [6.45, 7) is 4.97. The third-order valence-corrected chi connectivity index (χ3v) is 8.10. The zero-order valence-electron chi connectivity index (χ0n) is 24.1. The van der Waals surface area contributed by atoms with Crippen LogP contribution >= 0.6 is 0 Å². The molecule has 1 saturated heterocycles. The minimum atomic E-state index is -4.60. The molecule has 3 N–H and O–H groups in total. The number of anilines is 1. The van der Waals surface area contributed by atoms with Gasteiger partial charge in [-0.15, -0.1) is 0 Å². The molecule has 3 heterocycles. The number of aryl methyl sites for hydroxylation is 2. The molecule has 14 heteroatoms. The summed E-state index contributed by atoms with van der Waals surface area (Å²) in [6, 6.07) is -1.50. The van der Waals surface area contributed by atoms with Gasteiger partial charge < -0.3 is 30.1 Å². The number of carbonyl (C=O) groups is 3. The van der Waals surface area contributed by atoms with Crippen LogP contribution < -0.4 is 16.0 Å². The lowest BCUT2D eigenvalue weighted by atomic mass is 9.79. The third-order valence-electron chi connectivity index (χ3n) is 8.10. The predicted octanol–water partition coefficient (Wildman–Crippen LogP) is 3.82. The van der Waals surface area contributed by atoms with E-state index >= 15 is 0 Å². The van der Waals surface area contributed by atoms with Crippen LogP contribution in [0.25, 0.3) is 0 Å². The molecule has 2 fully saturated rings. The van der Waals surface area contributed by atoms with Crippen LogP contribution in [0.3, 0.4) is 0 Å². The number of urea groups is 1. The van der Waals surface area contributed by atoms with Gasteiger partial charge in [0, 0.05) is 18.9 Å². The lowest BCUT2D eigenvalue weighted by molar-refractivity contribution is -0.150. The Bertz CT molecular complexity index is 1260. The first-order valence-electron chi connectivity index (χ1n) is 14.0. The van der Waals surface area contributed by atoms with Crippen molar-refractivity contribution in [3.8, 4) is 0 Å². The Balaban J connectivity index is 1.52. The molecule has 2 aromatic heterocycles. The first-order chi connectivity index (χ1) is 19.9. The molecule has 4 rings (SSSR count). The molecule has 0 aromatic carbocycles. The molecule has 2 unspecified atom stereocenters. The Morgan fingerprint density at radius 3 is 2.55 bits per heavy atom. The van der Waals surface area contributed by atoms with E-state index < -0.39 is 42.8 Å². The fourth-order valence-corrected chi connectivity index (χ4v) is 5.62. The number of ether oxygens (including phenoxy) is 1. The van der Waals surface area contributed by atoms with Gasteiger partial charge in [0.1, 0.15) is 23.7 Å². The molecule has 0 spiro atoms. The van der Waals surface area contributed by atoms with Gasteiger partial charge in [-0.2, -0.15) is 13.2 Å². The second-order valence-corrected chi connectivity index (χ2v) is 11.2. The number of rotatable bonds is 10. The number of alkyl halides is 3. The van der Waals surface area contributed by atoms with Crippen LogP contribution in [0.5, 0.6) is 0 Å². The lowest BCUT2D eigenvalue weighted by Gasteiger charge is -2.32. The number of pyridine rings is 1. The molecule has 11 nitrogen and oxygen atoms in total. The summed E-state index contributed by atoms with van der Waals surface area (Å²) < 4.78 is 50.2. The van der Waals surface area contributed by atoms with Gasteiger partial charge >= 0.3 is 12.2 Å². The standard InChI is InChI=1S/C28H37F3N6O5/c1-15-5-7-18(8-6-15)25(35-24(38)12-20-16(2)36-42-17(20)3)26(39)34-23-11-19(9-10-32-23)21(14-41-4)37-13-22(28(29,30)31)33-27(37)40/h9-11,15,18,21-22,25H,5-8,12-14H2,1-4H3,(H,33,40)(H,35,38)(H,32,34,39)/t15?,18?,21?,22-,25?/m0/s1. The van der Waals surface area contributed by atoms with E-state index in [0.717, 1.165) is 30.6 Å². The van der Waals surface area contributed by atoms with Crippen LogP contribution in [0.2, 0.25) is 0 Å². The van der Waals surface area contributed by atoms with Gasteiger partial charge in [-0.25, -0.2) is 9.78 Å². The predicted molar refractivity (Wildman–Crippen MR) is 145 cm³/mol. The first-order valence-corrected chi connectivity index (χ1v) is 14.0. The van der Waals surface area contributed by atoms with Gasteiger partial charge in [0.15, 0.2) is 0 Å². The van der Waals surface area contributed by atoms with Crippen LogP contribution in [-0.4, -0.2) is 71.4 Å². The van der Waals surface area contributed by atoms with Crippen molar-refractivity contribution in [2.75, 3.05) is 25.6 Å². The van der Waals surface area contributed by atoms with E-state index in [0.29, 0.717) is 28.5 Å². The Morgan fingerprint density at radius 1 is 1.24 bits per heavy atom.